The predicted molar refractivity (Wildman–Crippen MR) is 67.9 cm³/mol. The standard InChI is InChI=1S/C12H17N5O/c1-2-5-13-9-11-16-17-12(18-11)15-8-10-4-3-6-14-7-10/h3-4,6-7,13H,2,5,8-9H2,1H3,(H,15,17). The molecule has 0 amide bonds. The molecule has 2 N–H and O–H groups in total. The summed E-state index contributed by atoms with van der Waals surface area (Å²) in [6.45, 7) is 4.29. The molecule has 2 aromatic heterocycles. The lowest BCUT2D eigenvalue weighted by Crippen LogP contribution is -2.13. The van der Waals surface area contributed by atoms with Gasteiger partial charge in [-0.1, -0.05) is 18.1 Å². The molecule has 0 fully saturated rings. The van der Waals surface area contributed by atoms with Crippen molar-refractivity contribution in [2.75, 3.05) is 11.9 Å². The fourth-order valence-electron chi connectivity index (χ4n) is 1.45. The number of hydrogen-bond acceptors (Lipinski definition) is 6. The molecular formula is C12H17N5O. The van der Waals surface area contributed by atoms with Gasteiger partial charge in [0.25, 0.3) is 0 Å². The van der Waals surface area contributed by atoms with Gasteiger partial charge in [0.1, 0.15) is 0 Å². The highest BCUT2D eigenvalue weighted by Crippen LogP contribution is 2.07. The molecule has 0 atom stereocenters. The second-order valence-corrected chi connectivity index (χ2v) is 3.89. The molecule has 2 heterocycles. The highest BCUT2D eigenvalue weighted by Gasteiger charge is 2.04. The Hall–Kier alpha value is -1.95. The Bertz CT molecular complexity index is 457. The predicted octanol–water partition coefficient (Wildman–Crippen LogP) is 1.58. The van der Waals surface area contributed by atoms with E-state index in [0.29, 0.717) is 25.0 Å². The van der Waals surface area contributed by atoms with E-state index < -0.39 is 0 Å². The van der Waals surface area contributed by atoms with Crippen LogP contribution < -0.4 is 10.6 Å². The van der Waals surface area contributed by atoms with Gasteiger partial charge in [0.05, 0.1) is 6.54 Å². The Labute approximate surface area is 106 Å². The second-order valence-electron chi connectivity index (χ2n) is 3.89. The maximum absolute atomic E-state index is 5.44. The van der Waals surface area contributed by atoms with Gasteiger partial charge < -0.3 is 15.1 Å². The number of nitrogens with one attached hydrogen (secondary N) is 2. The summed E-state index contributed by atoms with van der Waals surface area (Å²) < 4.78 is 5.44. The lowest BCUT2D eigenvalue weighted by atomic mass is 10.3. The van der Waals surface area contributed by atoms with Gasteiger partial charge in [-0.05, 0) is 24.6 Å². The van der Waals surface area contributed by atoms with Crippen LogP contribution in [-0.2, 0) is 13.1 Å². The van der Waals surface area contributed by atoms with Crippen LogP contribution in [0.1, 0.15) is 24.8 Å². The van der Waals surface area contributed by atoms with Crippen LogP contribution >= 0.6 is 0 Å². The molecule has 6 heteroatoms. The van der Waals surface area contributed by atoms with Crippen molar-refractivity contribution in [1.29, 1.82) is 0 Å². The van der Waals surface area contributed by atoms with Crippen LogP contribution in [0.2, 0.25) is 0 Å². The molecule has 0 radical (unpaired) electrons. The van der Waals surface area contributed by atoms with Crippen LogP contribution in [0.3, 0.4) is 0 Å². The smallest absolute Gasteiger partial charge is 0.315 e. The normalized spacial score (nSPS) is 10.5. The summed E-state index contributed by atoms with van der Waals surface area (Å²) in [5.74, 6) is 0.595. The van der Waals surface area contributed by atoms with Gasteiger partial charge in [0.15, 0.2) is 0 Å². The van der Waals surface area contributed by atoms with Gasteiger partial charge in [-0.25, -0.2) is 0 Å². The van der Waals surface area contributed by atoms with Gasteiger partial charge in [0, 0.05) is 18.9 Å². The minimum absolute atomic E-state index is 0.437. The van der Waals surface area contributed by atoms with Crippen molar-refractivity contribution in [3.63, 3.8) is 0 Å². The van der Waals surface area contributed by atoms with Crippen LogP contribution in [0.5, 0.6) is 0 Å². The molecule has 6 nitrogen and oxygen atoms in total. The Balaban J connectivity index is 1.80. The Morgan fingerprint density at radius 3 is 3.00 bits per heavy atom. The van der Waals surface area contributed by atoms with Crippen molar-refractivity contribution in [1.82, 2.24) is 20.5 Å². The molecule has 18 heavy (non-hydrogen) atoms. The van der Waals surface area contributed by atoms with Crippen molar-refractivity contribution in [3.05, 3.63) is 36.0 Å². The summed E-state index contributed by atoms with van der Waals surface area (Å²) in [7, 11) is 0. The first-order valence-corrected chi connectivity index (χ1v) is 6.04. The van der Waals surface area contributed by atoms with Gasteiger partial charge >= 0.3 is 6.01 Å². The maximum Gasteiger partial charge on any atom is 0.315 e. The zero-order chi connectivity index (χ0) is 12.6. The number of aromatic nitrogens is 3. The summed E-state index contributed by atoms with van der Waals surface area (Å²) in [5.41, 5.74) is 1.07. The molecule has 0 spiro atoms. The first-order chi connectivity index (χ1) is 8.88. The second kappa shape index (κ2) is 6.70. The third-order valence-electron chi connectivity index (χ3n) is 2.34. The fraction of sp³-hybridized carbons (Fsp3) is 0.417. The van der Waals surface area contributed by atoms with E-state index in [2.05, 4.69) is 32.7 Å². The first kappa shape index (κ1) is 12.5. The van der Waals surface area contributed by atoms with E-state index in [0.717, 1.165) is 18.5 Å². The van der Waals surface area contributed by atoms with E-state index in [9.17, 15) is 0 Å². The molecule has 0 bridgehead atoms. The quantitative estimate of drug-likeness (QED) is 0.723. The lowest BCUT2D eigenvalue weighted by Gasteiger charge is -2.00. The molecular weight excluding hydrogens is 230 g/mol. The number of anilines is 1. The third-order valence-corrected chi connectivity index (χ3v) is 2.34. The minimum atomic E-state index is 0.437. The van der Waals surface area contributed by atoms with Crippen LogP contribution in [0, 0.1) is 0 Å². The molecule has 0 aromatic carbocycles. The molecule has 0 aliphatic heterocycles. The monoisotopic (exact) mass is 247 g/mol. The zero-order valence-electron chi connectivity index (χ0n) is 10.4. The third kappa shape index (κ3) is 3.81. The molecule has 2 rings (SSSR count). The van der Waals surface area contributed by atoms with E-state index in [-0.39, 0.29) is 0 Å². The molecule has 0 unspecified atom stereocenters. The lowest BCUT2D eigenvalue weighted by molar-refractivity contribution is 0.477. The first-order valence-electron chi connectivity index (χ1n) is 6.04. The van der Waals surface area contributed by atoms with E-state index in [1.165, 1.54) is 0 Å². The summed E-state index contributed by atoms with van der Waals surface area (Å²) in [4.78, 5) is 4.04. The van der Waals surface area contributed by atoms with E-state index in [1.807, 2.05) is 12.1 Å². The number of pyridine rings is 1. The number of rotatable bonds is 7. The Morgan fingerprint density at radius 1 is 1.28 bits per heavy atom. The number of nitrogens with zero attached hydrogens (tertiary/aromatic N) is 3. The van der Waals surface area contributed by atoms with E-state index in [1.54, 1.807) is 12.4 Å². The van der Waals surface area contributed by atoms with Crippen molar-refractivity contribution in [2.24, 2.45) is 0 Å². The summed E-state index contributed by atoms with van der Waals surface area (Å²) in [5, 5.41) is 14.1. The van der Waals surface area contributed by atoms with E-state index in [4.69, 9.17) is 4.42 Å². The summed E-state index contributed by atoms with van der Waals surface area (Å²) in [6.07, 6.45) is 4.63. The molecule has 0 saturated heterocycles. The average Bonchev–Trinajstić information content (AvgIpc) is 2.86. The molecule has 0 aliphatic rings. The topological polar surface area (TPSA) is 75.9 Å². The molecule has 2 aromatic rings. The highest BCUT2D eigenvalue weighted by atomic mass is 16.4. The van der Waals surface area contributed by atoms with Crippen molar-refractivity contribution < 1.29 is 4.42 Å². The van der Waals surface area contributed by atoms with Crippen LogP contribution in [-0.4, -0.2) is 21.7 Å². The maximum atomic E-state index is 5.44. The van der Waals surface area contributed by atoms with Crippen LogP contribution in [0.25, 0.3) is 0 Å². The van der Waals surface area contributed by atoms with Gasteiger partial charge in [-0.15, -0.1) is 5.10 Å². The Kier molecular flexibility index (Phi) is 4.66. The van der Waals surface area contributed by atoms with Gasteiger partial charge in [-0.3, -0.25) is 4.98 Å². The van der Waals surface area contributed by atoms with Crippen LogP contribution in [0.4, 0.5) is 6.01 Å². The zero-order valence-corrected chi connectivity index (χ0v) is 10.4. The highest BCUT2D eigenvalue weighted by molar-refractivity contribution is 5.21. The summed E-state index contributed by atoms with van der Waals surface area (Å²) in [6, 6.07) is 4.32. The van der Waals surface area contributed by atoms with Crippen LogP contribution in [0.15, 0.2) is 28.9 Å². The SMILES string of the molecule is CCCNCc1nnc(NCc2cccnc2)o1. The molecule has 0 aliphatic carbocycles. The fourth-order valence-corrected chi connectivity index (χ4v) is 1.45. The largest absolute Gasteiger partial charge is 0.407 e. The van der Waals surface area contributed by atoms with E-state index >= 15 is 0 Å². The van der Waals surface area contributed by atoms with Gasteiger partial charge in [0.2, 0.25) is 5.89 Å². The van der Waals surface area contributed by atoms with Crippen molar-refractivity contribution >= 4 is 6.01 Å². The number of hydrogen-bond donors (Lipinski definition) is 2. The minimum Gasteiger partial charge on any atom is -0.407 e. The van der Waals surface area contributed by atoms with Crippen molar-refractivity contribution in [3.8, 4) is 0 Å². The summed E-state index contributed by atoms with van der Waals surface area (Å²) >= 11 is 0. The van der Waals surface area contributed by atoms with Crippen molar-refractivity contribution in [2.45, 2.75) is 26.4 Å². The average molecular weight is 247 g/mol. The molecule has 96 valence electrons. The van der Waals surface area contributed by atoms with Gasteiger partial charge in [-0.2, -0.15) is 0 Å². The Morgan fingerprint density at radius 2 is 2.22 bits per heavy atom. The molecule has 0 saturated carbocycles.